The molecule has 29 heavy (non-hydrogen) atoms. The Morgan fingerprint density at radius 2 is 2.10 bits per heavy atom. The lowest BCUT2D eigenvalue weighted by Crippen LogP contribution is -2.36. The van der Waals surface area contributed by atoms with Crippen LogP contribution in [-0.2, 0) is 11.0 Å². The van der Waals surface area contributed by atoms with E-state index in [4.69, 9.17) is 0 Å². The second kappa shape index (κ2) is 7.26. The van der Waals surface area contributed by atoms with Crippen molar-refractivity contribution in [3.8, 4) is 0 Å². The molecule has 4 rings (SSSR count). The number of alkyl halides is 3. The number of amides is 1. The zero-order valence-corrected chi connectivity index (χ0v) is 15.0. The van der Waals surface area contributed by atoms with Crippen LogP contribution in [0.1, 0.15) is 41.6 Å². The minimum Gasteiger partial charge on any atom is -0.345 e. The first-order valence-corrected chi connectivity index (χ1v) is 8.97. The van der Waals surface area contributed by atoms with Gasteiger partial charge in [0.05, 0.1) is 22.9 Å². The summed E-state index contributed by atoms with van der Waals surface area (Å²) in [6, 6.07) is 1.71. The number of carbonyl (C=O) groups is 2. The summed E-state index contributed by atoms with van der Waals surface area (Å²) in [5.41, 5.74) is -0.833. The molecule has 2 aromatic heterocycles. The van der Waals surface area contributed by atoms with Gasteiger partial charge in [-0.05, 0) is 30.2 Å². The van der Waals surface area contributed by atoms with Gasteiger partial charge in [-0.3, -0.25) is 14.5 Å². The summed E-state index contributed by atoms with van der Waals surface area (Å²) in [7, 11) is 0. The lowest BCUT2D eigenvalue weighted by atomic mass is 9.92. The van der Waals surface area contributed by atoms with Crippen LogP contribution in [0.25, 0.3) is 11.0 Å². The van der Waals surface area contributed by atoms with Gasteiger partial charge in [0.2, 0.25) is 5.91 Å². The summed E-state index contributed by atoms with van der Waals surface area (Å²) >= 11 is 0. The summed E-state index contributed by atoms with van der Waals surface area (Å²) in [5.74, 6) is -1.49. The highest BCUT2D eigenvalue weighted by Gasteiger charge is 2.35. The Balaban J connectivity index is 1.63. The number of Topliss-reactive ketones (excluding diaryl/α,β-unsaturated/α-hetero) is 1. The van der Waals surface area contributed by atoms with Crippen molar-refractivity contribution in [2.45, 2.75) is 31.9 Å². The van der Waals surface area contributed by atoms with Crippen molar-refractivity contribution in [2.75, 3.05) is 11.4 Å². The quantitative estimate of drug-likeness (QED) is 0.641. The molecule has 1 aliphatic heterocycles. The predicted octanol–water partition coefficient (Wildman–Crippen LogP) is 2.50. The van der Waals surface area contributed by atoms with Crippen LogP contribution in [-0.4, -0.2) is 48.8 Å². The molecule has 9 nitrogen and oxygen atoms in total. The van der Waals surface area contributed by atoms with Crippen LogP contribution >= 0.6 is 0 Å². The highest BCUT2D eigenvalue weighted by molar-refractivity contribution is 6.08. The minimum absolute atomic E-state index is 0.114. The fourth-order valence-corrected chi connectivity index (χ4v) is 3.53. The summed E-state index contributed by atoms with van der Waals surface area (Å²) < 4.78 is 39.7. The second-order valence-electron chi connectivity index (χ2n) is 6.84. The molecule has 1 aromatic carbocycles. The molecule has 0 aliphatic carbocycles. The Hall–Kier alpha value is -3.31. The maximum absolute atomic E-state index is 13.2. The molecule has 0 spiro atoms. The molecular formula is C17H16F3N7O2. The number of anilines is 1. The van der Waals surface area contributed by atoms with E-state index in [0.717, 1.165) is 12.1 Å². The summed E-state index contributed by atoms with van der Waals surface area (Å²) in [4.78, 5) is 33.8. The predicted molar refractivity (Wildman–Crippen MR) is 93.9 cm³/mol. The van der Waals surface area contributed by atoms with Gasteiger partial charge >= 0.3 is 6.18 Å². The van der Waals surface area contributed by atoms with Crippen molar-refractivity contribution in [3.63, 3.8) is 0 Å². The molecule has 1 fully saturated rings. The van der Waals surface area contributed by atoms with Gasteiger partial charge in [0.25, 0.3) is 5.95 Å². The molecule has 0 saturated carbocycles. The minimum atomic E-state index is -4.61. The second-order valence-corrected chi connectivity index (χ2v) is 6.84. The number of H-pyrrole nitrogens is 2. The number of nitrogens with one attached hydrogen (secondary N) is 2. The molecule has 3 heterocycles. The van der Waals surface area contributed by atoms with E-state index in [1.807, 2.05) is 0 Å². The molecule has 3 aromatic rings. The number of nitrogens with zero attached hydrogens (tertiary/aromatic N) is 5. The van der Waals surface area contributed by atoms with E-state index in [-0.39, 0.29) is 34.9 Å². The van der Waals surface area contributed by atoms with Crippen molar-refractivity contribution < 1.29 is 22.8 Å². The van der Waals surface area contributed by atoms with Gasteiger partial charge in [0.1, 0.15) is 0 Å². The van der Waals surface area contributed by atoms with Crippen molar-refractivity contribution in [1.82, 2.24) is 30.6 Å². The van der Waals surface area contributed by atoms with Crippen molar-refractivity contribution in [2.24, 2.45) is 5.92 Å². The van der Waals surface area contributed by atoms with E-state index in [1.54, 1.807) is 0 Å². The third-order valence-electron chi connectivity index (χ3n) is 4.96. The van der Waals surface area contributed by atoms with E-state index < -0.39 is 23.4 Å². The number of fused-ring (bicyclic) bond motifs is 1. The molecule has 1 aliphatic rings. The molecule has 1 amide bonds. The van der Waals surface area contributed by atoms with Crippen LogP contribution in [0, 0.1) is 5.92 Å². The van der Waals surface area contributed by atoms with Gasteiger partial charge in [-0.25, -0.2) is 4.98 Å². The molecule has 1 atom stereocenters. The average molecular weight is 407 g/mol. The number of hydrogen-bond donors (Lipinski definition) is 2. The van der Waals surface area contributed by atoms with E-state index in [2.05, 4.69) is 30.6 Å². The highest BCUT2D eigenvalue weighted by Crippen LogP contribution is 2.33. The van der Waals surface area contributed by atoms with Gasteiger partial charge in [0.15, 0.2) is 5.78 Å². The summed E-state index contributed by atoms with van der Waals surface area (Å²) in [5, 5.41) is 13.3. The molecular weight excluding hydrogens is 391 g/mol. The maximum atomic E-state index is 13.2. The first-order valence-electron chi connectivity index (χ1n) is 8.97. The summed E-state index contributed by atoms with van der Waals surface area (Å²) in [6.07, 6.45) is -1.77. The first kappa shape index (κ1) is 19.0. The molecule has 1 saturated heterocycles. The molecule has 0 unspecified atom stereocenters. The SMILES string of the molecule is O=C(C[C@H]1CCCCN(c2nn[nH]n2)C1=O)c1cc(C(F)(F)F)cc2[nH]cnc12. The first-order chi connectivity index (χ1) is 13.8. The van der Waals surface area contributed by atoms with Gasteiger partial charge in [-0.15, -0.1) is 5.10 Å². The van der Waals surface area contributed by atoms with E-state index in [1.165, 1.54) is 11.2 Å². The van der Waals surface area contributed by atoms with Crippen LogP contribution in [0.3, 0.4) is 0 Å². The number of rotatable bonds is 4. The van der Waals surface area contributed by atoms with Crippen molar-refractivity contribution in [1.29, 1.82) is 0 Å². The third-order valence-corrected chi connectivity index (χ3v) is 4.96. The smallest absolute Gasteiger partial charge is 0.345 e. The number of imidazole rings is 1. The van der Waals surface area contributed by atoms with Crippen molar-refractivity contribution in [3.05, 3.63) is 29.6 Å². The number of aromatic amines is 2. The Morgan fingerprint density at radius 1 is 1.28 bits per heavy atom. The summed E-state index contributed by atoms with van der Waals surface area (Å²) in [6.45, 7) is 0.385. The fourth-order valence-electron chi connectivity index (χ4n) is 3.53. The van der Waals surface area contributed by atoms with Crippen LogP contribution in [0.5, 0.6) is 0 Å². The Bertz CT molecular complexity index is 1050. The lowest BCUT2D eigenvalue weighted by Gasteiger charge is -2.20. The highest BCUT2D eigenvalue weighted by atomic mass is 19.4. The van der Waals surface area contributed by atoms with Crippen LogP contribution < -0.4 is 4.90 Å². The number of aromatic nitrogens is 6. The van der Waals surface area contributed by atoms with E-state index >= 15 is 0 Å². The normalized spacial score (nSPS) is 18.2. The number of carbonyl (C=O) groups excluding carboxylic acids is 2. The Morgan fingerprint density at radius 3 is 2.83 bits per heavy atom. The number of hydrogen-bond acceptors (Lipinski definition) is 6. The Labute approximate surface area is 161 Å². The average Bonchev–Trinajstić information content (AvgIpc) is 3.33. The van der Waals surface area contributed by atoms with Gasteiger partial charge < -0.3 is 4.98 Å². The number of tetrazole rings is 1. The third kappa shape index (κ3) is 3.69. The zero-order chi connectivity index (χ0) is 20.6. The number of benzene rings is 1. The van der Waals surface area contributed by atoms with Gasteiger partial charge in [-0.1, -0.05) is 11.5 Å². The van der Waals surface area contributed by atoms with Gasteiger partial charge in [-0.2, -0.15) is 18.4 Å². The van der Waals surface area contributed by atoms with Crippen molar-refractivity contribution >= 4 is 28.7 Å². The monoisotopic (exact) mass is 407 g/mol. The van der Waals surface area contributed by atoms with Crippen LogP contribution in [0.4, 0.5) is 19.1 Å². The molecule has 152 valence electrons. The standard InChI is InChI=1S/C17H16F3N7O2/c18-17(19,20)10-6-11(14-12(7-10)21-8-22-14)13(28)5-9-3-1-2-4-27(15(9)29)16-23-25-26-24-16/h6-9H,1-5H2,(H,21,22)(H,23,24,25,26)/t9-/m1/s1. The Kier molecular flexibility index (Phi) is 4.76. The molecule has 2 N–H and O–H groups in total. The molecule has 12 heteroatoms. The molecule has 0 radical (unpaired) electrons. The zero-order valence-electron chi connectivity index (χ0n) is 15.0. The maximum Gasteiger partial charge on any atom is 0.416 e. The number of ketones is 1. The number of halogens is 3. The molecule has 0 bridgehead atoms. The lowest BCUT2D eigenvalue weighted by molar-refractivity contribution is -0.137. The van der Waals surface area contributed by atoms with Crippen LogP contribution in [0.2, 0.25) is 0 Å². The van der Waals surface area contributed by atoms with Gasteiger partial charge in [0, 0.05) is 24.4 Å². The van der Waals surface area contributed by atoms with E-state index in [9.17, 15) is 22.8 Å². The largest absolute Gasteiger partial charge is 0.416 e. The fraction of sp³-hybridized carbons (Fsp3) is 0.412. The topological polar surface area (TPSA) is 121 Å². The van der Waals surface area contributed by atoms with Crippen LogP contribution in [0.15, 0.2) is 18.5 Å². The van der Waals surface area contributed by atoms with E-state index in [0.29, 0.717) is 25.8 Å².